The van der Waals surface area contributed by atoms with Gasteiger partial charge in [0.2, 0.25) is 5.91 Å². The summed E-state index contributed by atoms with van der Waals surface area (Å²) >= 11 is 0. The van der Waals surface area contributed by atoms with Crippen LogP contribution in [-0.4, -0.2) is 116 Å². The molecule has 2 fully saturated rings. The van der Waals surface area contributed by atoms with Gasteiger partial charge in [0.05, 0.1) is 18.2 Å². The fraction of sp³-hybridized carbons (Fsp3) is 0.625. The number of hydrogen-bond donors (Lipinski definition) is 7. The zero-order valence-corrected chi connectivity index (χ0v) is 27.1. The van der Waals surface area contributed by atoms with Gasteiger partial charge in [-0.15, -0.1) is 0 Å². The molecule has 7 atom stereocenters. The van der Waals surface area contributed by atoms with E-state index in [4.69, 9.17) is 9.47 Å². The monoisotopic (exact) mass is 649 g/mol. The summed E-state index contributed by atoms with van der Waals surface area (Å²) in [4.78, 5) is 51.3. The Morgan fingerprint density at radius 1 is 1.17 bits per heavy atom. The highest BCUT2D eigenvalue weighted by molar-refractivity contribution is 5.94. The van der Waals surface area contributed by atoms with E-state index in [1.54, 1.807) is 51.7 Å². The Balaban J connectivity index is 1.73. The van der Waals surface area contributed by atoms with Gasteiger partial charge in [0, 0.05) is 45.0 Å². The third-order valence-corrected chi connectivity index (χ3v) is 8.12. The van der Waals surface area contributed by atoms with Gasteiger partial charge in [0.25, 0.3) is 5.91 Å². The summed E-state index contributed by atoms with van der Waals surface area (Å²) in [7, 11) is 0. The standard InChI is InChI=1S/C32H47N3O11/c1-17-12-21(13-18(2)25(17)39)28(41)33-15-23(38)26(40)27-24(34-19(3)36)22(37)14-32(45-27,29(42)43)10-7-8-20-9-11-35(16-20)30(44)46-31(4,5)6/h7-8,12-13,20,22-24,26-27,37-40H,9-11,14-16H2,1-6H3,(H,33,41)(H,34,36)(H,42,43)/b8-7+/t20?,22-,23+,24+,26+,27+,32+/m0/s1. The molecular formula is C32H47N3O11. The number of ether oxygens (including phenoxy) is 2. The number of aliphatic carboxylic acids is 1. The van der Waals surface area contributed by atoms with Crippen molar-refractivity contribution in [2.75, 3.05) is 19.6 Å². The molecule has 3 amide bonds. The molecular weight excluding hydrogens is 602 g/mol. The number of phenols is 1. The van der Waals surface area contributed by atoms with Crippen LogP contribution >= 0.6 is 0 Å². The number of amides is 3. The minimum atomic E-state index is -2.02. The maximum absolute atomic E-state index is 12.7. The predicted molar refractivity (Wildman–Crippen MR) is 165 cm³/mol. The van der Waals surface area contributed by atoms with Gasteiger partial charge in [-0.25, -0.2) is 9.59 Å². The Morgan fingerprint density at radius 3 is 2.37 bits per heavy atom. The van der Waals surface area contributed by atoms with Gasteiger partial charge in [-0.1, -0.05) is 12.2 Å². The van der Waals surface area contributed by atoms with Crippen molar-refractivity contribution in [3.8, 4) is 5.75 Å². The van der Waals surface area contributed by atoms with Crippen LogP contribution in [0.2, 0.25) is 0 Å². The van der Waals surface area contributed by atoms with Gasteiger partial charge >= 0.3 is 12.1 Å². The van der Waals surface area contributed by atoms with Gasteiger partial charge in [-0.05, 0) is 70.2 Å². The maximum Gasteiger partial charge on any atom is 0.410 e. The quantitative estimate of drug-likeness (QED) is 0.178. The van der Waals surface area contributed by atoms with Crippen molar-refractivity contribution in [1.82, 2.24) is 15.5 Å². The maximum atomic E-state index is 12.7. The van der Waals surface area contributed by atoms with Crippen LogP contribution in [0.25, 0.3) is 0 Å². The first-order chi connectivity index (χ1) is 21.3. The summed E-state index contributed by atoms with van der Waals surface area (Å²) < 4.78 is 11.4. The number of aliphatic hydroxyl groups is 3. The Labute approximate surface area is 268 Å². The van der Waals surface area contributed by atoms with Crippen molar-refractivity contribution < 1.29 is 54.2 Å². The smallest absolute Gasteiger partial charge is 0.410 e. The summed E-state index contributed by atoms with van der Waals surface area (Å²) in [5.74, 6) is -2.62. The van der Waals surface area contributed by atoms with Crippen molar-refractivity contribution in [3.05, 3.63) is 41.0 Å². The first-order valence-corrected chi connectivity index (χ1v) is 15.3. The molecule has 2 aliphatic heterocycles. The molecule has 1 aromatic rings. The molecule has 2 heterocycles. The van der Waals surface area contributed by atoms with E-state index in [0.29, 0.717) is 30.6 Å². The molecule has 1 unspecified atom stereocenters. The lowest BCUT2D eigenvalue weighted by Gasteiger charge is -2.47. The SMILES string of the molecule is CC(=O)N[C@H]1[C@H]([C@H](O)[C@H](O)CNC(=O)c2cc(C)c(O)c(C)c2)O[C@@](C/C=C/C2CCN(C(=O)OC(C)(C)C)C2)(C(=O)O)C[C@@H]1O. The first kappa shape index (κ1) is 36.7. The van der Waals surface area contributed by atoms with E-state index < -0.39 is 78.5 Å². The minimum absolute atomic E-state index is 0.0480. The van der Waals surface area contributed by atoms with Gasteiger partial charge < -0.3 is 50.5 Å². The number of nitrogens with zero attached hydrogens (tertiary/aromatic N) is 1. The van der Waals surface area contributed by atoms with Crippen molar-refractivity contribution in [1.29, 1.82) is 0 Å². The second-order valence-electron chi connectivity index (χ2n) is 13.2. The number of phenolic OH excluding ortho intramolecular Hbond substituents is 1. The third-order valence-electron chi connectivity index (χ3n) is 8.12. The topological polar surface area (TPSA) is 215 Å². The van der Waals surface area contributed by atoms with Crippen LogP contribution in [0.15, 0.2) is 24.3 Å². The Bertz CT molecular complexity index is 1300. The average molecular weight is 650 g/mol. The molecule has 2 aliphatic rings. The van der Waals surface area contributed by atoms with Crippen molar-refractivity contribution in [2.45, 2.75) is 102 Å². The lowest BCUT2D eigenvalue weighted by molar-refractivity contribution is -0.226. The van der Waals surface area contributed by atoms with Crippen LogP contribution in [0.5, 0.6) is 5.75 Å². The van der Waals surface area contributed by atoms with E-state index in [1.807, 2.05) is 0 Å². The molecule has 14 heteroatoms. The number of aromatic hydroxyl groups is 1. The number of nitrogens with one attached hydrogen (secondary N) is 2. The van der Waals surface area contributed by atoms with E-state index in [1.165, 1.54) is 19.1 Å². The Kier molecular flexibility index (Phi) is 11.8. The van der Waals surface area contributed by atoms with Crippen LogP contribution in [0.3, 0.4) is 0 Å². The number of carboxylic acids is 1. The summed E-state index contributed by atoms with van der Waals surface area (Å²) in [5, 5.41) is 58.2. The molecule has 0 saturated carbocycles. The second kappa shape index (κ2) is 14.8. The molecule has 0 bridgehead atoms. The molecule has 14 nitrogen and oxygen atoms in total. The van der Waals surface area contributed by atoms with Gasteiger partial charge in [0.1, 0.15) is 23.6 Å². The minimum Gasteiger partial charge on any atom is -0.507 e. The van der Waals surface area contributed by atoms with E-state index in [2.05, 4.69) is 10.6 Å². The molecule has 0 radical (unpaired) electrons. The number of carbonyl (C=O) groups excluding carboxylic acids is 3. The van der Waals surface area contributed by atoms with Crippen LogP contribution < -0.4 is 10.6 Å². The molecule has 0 spiro atoms. The van der Waals surface area contributed by atoms with Crippen molar-refractivity contribution in [2.24, 2.45) is 5.92 Å². The molecule has 256 valence electrons. The molecule has 1 aromatic carbocycles. The number of hydrogen-bond acceptors (Lipinski definition) is 10. The Morgan fingerprint density at radius 2 is 1.80 bits per heavy atom. The fourth-order valence-electron chi connectivity index (χ4n) is 5.73. The van der Waals surface area contributed by atoms with Crippen molar-refractivity contribution >= 4 is 23.9 Å². The fourth-order valence-corrected chi connectivity index (χ4v) is 5.73. The lowest BCUT2D eigenvalue weighted by atomic mass is 9.81. The number of carbonyl (C=O) groups is 4. The summed E-state index contributed by atoms with van der Waals surface area (Å²) in [6.07, 6.45) is -3.66. The van der Waals surface area contributed by atoms with E-state index >= 15 is 0 Å². The van der Waals surface area contributed by atoms with E-state index in [0.717, 1.165) is 0 Å². The van der Waals surface area contributed by atoms with Crippen LogP contribution in [0, 0.1) is 19.8 Å². The van der Waals surface area contributed by atoms with Crippen LogP contribution in [0.1, 0.15) is 68.4 Å². The number of carboxylic acid groups (broad SMARTS) is 1. The lowest BCUT2D eigenvalue weighted by Crippen LogP contribution is -2.67. The molecule has 46 heavy (non-hydrogen) atoms. The number of aryl methyl sites for hydroxylation is 2. The highest BCUT2D eigenvalue weighted by atomic mass is 16.6. The predicted octanol–water partition coefficient (Wildman–Crippen LogP) is 1.14. The molecule has 2 saturated heterocycles. The zero-order valence-electron chi connectivity index (χ0n) is 27.1. The molecule has 7 N–H and O–H groups in total. The summed E-state index contributed by atoms with van der Waals surface area (Å²) in [6, 6.07) is 1.65. The van der Waals surface area contributed by atoms with E-state index in [9.17, 15) is 44.7 Å². The second-order valence-corrected chi connectivity index (χ2v) is 13.2. The zero-order chi connectivity index (χ0) is 34.6. The van der Waals surface area contributed by atoms with E-state index in [-0.39, 0.29) is 23.7 Å². The van der Waals surface area contributed by atoms with Gasteiger partial charge in [0.15, 0.2) is 5.60 Å². The van der Waals surface area contributed by atoms with Gasteiger partial charge in [-0.3, -0.25) is 9.59 Å². The Hall–Kier alpha value is -3.72. The van der Waals surface area contributed by atoms with Gasteiger partial charge in [-0.2, -0.15) is 0 Å². The summed E-state index contributed by atoms with van der Waals surface area (Å²) in [6.45, 7) is 10.1. The van der Waals surface area contributed by atoms with Crippen LogP contribution in [-0.2, 0) is 19.1 Å². The number of likely N-dealkylation sites (tertiary alicyclic amines) is 1. The molecule has 3 rings (SSSR count). The molecule has 0 aliphatic carbocycles. The summed E-state index contributed by atoms with van der Waals surface area (Å²) in [5.41, 5.74) is -1.51. The largest absolute Gasteiger partial charge is 0.507 e. The highest BCUT2D eigenvalue weighted by Gasteiger charge is 2.54. The average Bonchev–Trinajstić information content (AvgIpc) is 3.43. The normalized spacial score (nSPS) is 26.4. The third kappa shape index (κ3) is 9.18. The molecule has 0 aromatic heterocycles. The number of benzene rings is 1. The van der Waals surface area contributed by atoms with Crippen molar-refractivity contribution in [3.63, 3.8) is 0 Å². The van der Waals surface area contributed by atoms with Crippen LogP contribution in [0.4, 0.5) is 4.79 Å². The number of rotatable bonds is 10. The highest BCUT2D eigenvalue weighted by Crippen LogP contribution is 2.36. The number of aliphatic hydroxyl groups excluding tert-OH is 3. The first-order valence-electron chi connectivity index (χ1n) is 15.3.